The number of carbonyl (C=O) groups excluding carboxylic acids is 2. The fourth-order valence-corrected chi connectivity index (χ4v) is 4.57. The summed E-state index contributed by atoms with van der Waals surface area (Å²) in [6.45, 7) is 6.02. The molecule has 1 aromatic carbocycles. The van der Waals surface area contributed by atoms with Crippen LogP contribution in [0, 0.1) is 17.3 Å². The van der Waals surface area contributed by atoms with Gasteiger partial charge < -0.3 is 14.2 Å². The fraction of sp³-hybridized carbons (Fsp3) is 0.400. The van der Waals surface area contributed by atoms with Crippen LogP contribution in [-0.4, -0.2) is 25.5 Å². The van der Waals surface area contributed by atoms with Crippen LogP contribution in [0.1, 0.15) is 24.8 Å². The number of hydrogen-bond donors (Lipinski definition) is 0. The van der Waals surface area contributed by atoms with Gasteiger partial charge in [-0.15, -0.1) is 6.58 Å². The van der Waals surface area contributed by atoms with Crippen LogP contribution in [0.15, 0.2) is 42.7 Å². The van der Waals surface area contributed by atoms with E-state index in [1.807, 2.05) is 25.1 Å². The van der Waals surface area contributed by atoms with Gasteiger partial charge in [0.05, 0.1) is 18.4 Å². The lowest BCUT2D eigenvalue weighted by Gasteiger charge is -2.31. The maximum Gasteiger partial charge on any atom is 0.231 e. The predicted octanol–water partition coefficient (Wildman–Crippen LogP) is 3.01. The molecular weight excluding hydrogens is 320 g/mol. The number of hydrogen-bond acceptors (Lipinski definition) is 5. The smallest absolute Gasteiger partial charge is 0.231 e. The van der Waals surface area contributed by atoms with Gasteiger partial charge >= 0.3 is 0 Å². The first-order valence-electron chi connectivity index (χ1n) is 8.39. The molecule has 25 heavy (non-hydrogen) atoms. The van der Waals surface area contributed by atoms with Crippen LogP contribution >= 0.6 is 0 Å². The fourth-order valence-electron chi connectivity index (χ4n) is 4.57. The summed E-state index contributed by atoms with van der Waals surface area (Å²) in [5.41, 5.74) is 0.173. The molecule has 1 fully saturated rings. The van der Waals surface area contributed by atoms with E-state index in [-0.39, 0.29) is 36.0 Å². The van der Waals surface area contributed by atoms with Gasteiger partial charge in [0, 0.05) is 5.92 Å². The molecule has 1 saturated carbocycles. The minimum atomic E-state index is -0.743. The zero-order valence-corrected chi connectivity index (χ0v) is 14.3. The minimum Gasteiger partial charge on any atom is -0.493 e. The normalized spacial score (nSPS) is 32.6. The van der Waals surface area contributed by atoms with E-state index >= 15 is 0 Å². The molecule has 5 nitrogen and oxygen atoms in total. The number of ether oxygens (including phenoxy) is 3. The van der Waals surface area contributed by atoms with Gasteiger partial charge in [0.15, 0.2) is 23.0 Å². The van der Waals surface area contributed by atoms with E-state index in [0.29, 0.717) is 17.9 Å². The summed E-state index contributed by atoms with van der Waals surface area (Å²) in [6, 6.07) is 5.65. The molecule has 130 valence electrons. The summed E-state index contributed by atoms with van der Waals surface area (Å²) >= 11 is 0. The number of benzene rings is 1. The highest BCUT2D eigenvalue weighted by Gasteiger charge is 2.62. The summed E-state index contributed by atoms with van der Waals surface area (Å²) in [6.07, 6.45) is 3.95. The van der Waals surface area contributed by atoms with Gasteiger partial charge in [0.25, 0.3) is 0 Å². The molecule has 1 aromatic rings. The Balaban J connectivity index is 1.84. The molecule has 2 bridgehead atoms. The van der Waals surface area contributed by atoms with Crippen molar-refractivity contribution in [3.05, 3.63) is 48.3 Å². The molecule has 5 heteroatoms. The van der Waals surface area contributed by atoms with Gasteiger partial charge in [0.2, 0.25) is 12.6 Å². The van der Waals surface area contributed by atoms with Gasteiger partial charge in [-0.05, 0) is 36.1 Å². The van der Waals surface area contributed by atoms with Crippen LogP contribution in [0.4, 0.5) is 0 Å². The quantitative estimate of drug-likeness (QED) is 0.623. The monoisotopic (exact) mass is 340 g/mol. The molecular formula is C20H20O5. The van der Waals surface area contributed by atoms with Gasteiger partial charge in [-0.25, -0.2) is 0 Å². The molecule has 0 N–H and O–H groups in total. The third-order valence-electron chi connectivity index (χ3n) is 5.85. The van der Waals surface area contributed by atoms with E-state index in [4.69, 9.17) is 14.2 Å². The Kier molecular flexibility index (Phi) is 3.49. The molecule has 1 aliphatic heterocycles. The number of rotatable bonds is 4. The van der Waals surface area contributed by atoms with E-state index in [1.54, 1.807) is 12.2 Å². The van der Waals surface area contributed by atoms with Crippen molar-refractivity contribution in [2.75, 3.05) is 13.9 Å². The van der Waals surface area contributed by atoms with Crippen molar-refractivity contribution in [2.45, 2.75) is 19.3 Å². The van der Waals surface area contributed by atoms with E-state index in [1.165, 1.54) is 7.11 Å². The Morgan fingerprint density at radius 1 is 1.32 bits per heavy atom. The third-order valence-corrected chi connectivity index (χ3v) is 5.85. The molecule has 3 aliphatic rings. The number of Topliss-reactive ketones (excluding diaryl/α,β-unsaturated/α-hetero) is 2. The van der Waals surface area contributed by atoms with Crippen molar-refractivity contribution >= 4 is 11.6 Å². The SMILES string of the molecule is C=CC[C@@]12C=C(OC)C(=O)[C@H](C1=O)[C@H](c1ccc3c(c1)OCO3)[C@@H]2C. The third kappa shape index (κ3) is 2.01. The molecule has 4 rings (SSSR count). The van der Waals surface area contributed by atoms with Gasteiger partial charge in [-0.1, -0.05) is 19.1 Å². The number of allylic oxidation sites excluding steroid dienone is 3. The molecule has 4 atom stereocenters. The summed E-state index contributed by atoms with van der Waals surface area (Å²) in [5.74, 6) is 0.345. The average Bonchev–Trinajstić information content (AvgIpc) is 3.13. The van der Waals surface area contributed by atoms with E-state index in [0.717, 1.165) is 5.56 Å². The first-order valence-corrected chi connectivity index (χ1v) is 8.39. The van der Waals surface area contributed by atoms with Gasteiger partial charge in [0.1, 0.15) is 0 Å². The van der Waals surface area contributed by atoms with Crippen molar-refractivity contribution < 1.29 is 23.8 Å². The Hall–Kier alpha value is -2.56. The van der Waals surface area contributed by atoms with Crippen molar-refractivity contribution in [1.82, 2.24) is 0 Å². The first kappa shape index (κ1) is 15.9. The second-order valence-corrected chi connectivity index (χ2v) is 6.88. The van der Waals surface area contributed by atoms with Gasteiger partial charge in [-0.3, -0.25) is 9.59 Å². The van der Waals surface area contributed by atoms with Crippen molar-refractivity contribution in [3.8, 4) is 11.5 Å². The van der Waals surface area contributed by atoms with Gasteiger partial charge in [-0.2, -0.15) is 0 Å². The predicted molar refractivity (Wildman–Crippen MR) is 90.3 cm³/mol. The van der Waals surface area contributed by atoms with Crippen LogP contribution in [0.5, 0.6) is 11.5 Å². The second kappa shape index (κ2) is 5.48. The lowest BCUT2D eigenvalue weighted by molar-refractivity contribution is -0.136. The zero-order valence-electron chi connectivity index (χ0n) is 14.3. The number of fused-ring (bicyclic) bond motifs is 3. The van der Waals surface area contributed by atoms with Crippen molar-refractivity contribution in [2.24, 2.45) is 17.3 Å². The van der Waals surface area contributed by atoms with Crippen molar-refractivity contribution in [1.29, 1.82) is 0 Å². The van der Waals surface area contributed by atoms with E-state index in [2.05, 4.69) is 6.58 Å². The van der Waals surface area contributed by atoms with Crippen LogP contribution in [0.25, 0.3) is 0 Å². The highest BCUT2D eigenvalue weighted by Crippen LogP contribution is 2.59. The van der Waals surface area contributed by atoms with E-state index < -0.39 is 11.3 Å². The molecule has 0 saturated heterocycles. The van der Waals surface area contributed by atoms with Crippen LogP contribution in [0.3, 0.4) is 0 Å². The van der Waals surface area contributed by atoms with Crippen LogP contribution in [0.2, 0.25) is 0 Å². The summed E-state index contributed by atoms with van der Waals surface area (Å²) in [5, 5.41) is 0. The lowest BCUT2D eigenvalue weighted by Crippen LogP contribution is -2.38. The molecule has 0 aromatic heterocycles. The standard InChI is InChI=1S/C20H20O5/c1-4-7-20-9-15(23-3)18(21)17(19(20)22)16(11(20)2)12-5-6-13-14(8-12)25-10-24-13/h4-6,8-9,11,16-17H,1,7,10H2,2-3H3/t11-,16-,17+,20-/m0/s1. The highest BCUT2D eigenvalue weighted by atomic mass is 16.7. The molecule has 2 aliphatic carbocycles. The second-order valence-electron chi connectivity index (χ2n) is 6.88. The van der Waals surface area contributed by atoms with E-state index in [9.17, 15) is 9.59 Å². The first-order chi connectivity index (χ1) is 12.0. The Morgan fingerprint density at radius 3 is 2.80 bits per heavy atom. The Morgan fingerprint density at radius 2 is 2.08 bits per heavy atom. The minimum absolute atomic E-state index is 0.0339. The number of methoxy groups -OCH3 is 1. The Labute approximate surface area is 146 Å². The van der Waals surface area contributed by atoms with Crippen molar-refractivity contribution in [3.63, 3.8) is 0 Å². The summed E-state index contributed by atoms with van der Waals surface area (Å²) in [7, 11) is 1.47. The topological polar surface area (TPSA) is 61.8 Å². The zero-order chi connectivity index (χ0) is 17.8. The molecule has 0 unspecified atom stereocenters. The van der Waals surface area contributed by atoms with Crippen LogP contribution < -0.4 is 9.47 Å². The molecule has 0 radical (unpaired) electrons. The highest BCUT2D eigenvalue weighted by molar-refractivity contribution is 6.17. The number of ketones is 2. The number of carbonyl (C=O) groups is 2. The maximum absolute atomic E-state index is 13.2. The summed E-state index contributed by atoms with van der Waals surface area (Å²) in [4.78, 5) is 26.0. The molecule has 1 heterocycles. The molecule has 0 spiro atoms. The average molecular weight is 340 g/mol. The summed E-state index contributed by atoms with van der Waals surface area (Å²) < 4.78 is 16.1. The van der Waals surface area contributed by atoms with Crippen LogP contribution in [-0.2, 0) is 14.3 Å². The molecule has 0 amide bonds. The Bertz CT molecular complexity index is 808. The lowest BCUT2D eigenvalue weighted by atomic mass is 9.71. The largest absolute Gasteiger partial charge is 0.493 e. The maximum atomic E-state index is 13.2.